The van der Waals surface area contributed by atoms with Crippen LogP contribution in [0.15, 0.2) is 36.4 Å². The molecule has 0 spiro atoms. The van der Waals surface area contributed by atoms with Gasteiger partial charge in [-0.15, -0.1) is 0 Å². The van der Waals surface area contributed by atoms with Crippen LogP contribution in [0.1, 0.15) is 34.1 Å². The molecule has 1 aliphatic heterocycles. The first-order valence-corrected chi connectivity index (χ1v) is 8.75. The molecular weight excluding hydrogens is 356 g/mol. The molecule has 1 aliphatic rings. The van der Waals surface area contributed by atoms with Crippen LogP contribution in [-0.4, -0.2) is 31.6 Å². The van der Waals surface area contributed by atoms with Gasteiger partial charge >= 0.3 is 0 Å². The van der Waals surface area contributed by atoms with Crippen molar-refractivity contribution in [2.75, 3.05) is 25.1 Å². The summed E-state index contributed by atoms with van der Waals surface area (Å²) in [6, 6.07) is 9.79. The van der Waals surface area contributed by atoms with E-state index in [2.05, 4.69) is 10.6 Å². The molecule has 136 valence electrons. The molecule has 0 unspecified atom stereocenters. The maximum absolute atomic E-state index is 12.4. The van der Waals surface area contributed by atoms with Gasteiger partial charge in [-0.2, -0.15) is 0 Å². The van der Waals surface area contributed by atoms with Crippen molar-refractivity contribution in [2.45, 2.75) is 13.3 Å². The lowest BCUT2D eigenvalue weighted by Gasteiger charge is -2.18. The number of carbonyl (C=O) groups excluding carboxylic acids is 2. The molecule has 3 rings (SSSR count). The van der Waals surface area contributed by atoms with Gasteiger partial charge in [0.1, 0.15) is 13.2 Å². The van der Waals surface area contributed by atoms with Crippen molar-refractivity contribution < 1.29 is 19.1 Å². The Morgan fingerprint density at radius 2 is 1.81 bits per heavy atom. The Morgan fingerprint density at radius 3 is 2.54 bits per heavy atom. The molecule has 26 heavy (non-hydrogen) atoms. The average molecular weight is 375 g/mol. The maximum atomic E-state index is 12.4. The number of hydrogen-bond acceptors (Lipinski definition) is 4. The highest BCUT2D eigenvalue weighted by Crippen LogP contribution is 2.31. The van der Waals surface area contributed by atoms with Crippen LogP contribution in [0.5, 0.6) is 11.5 Å². The minimum absolute atomic E-state index is 0.235. The van der Waals surface area contributed by atoms with E-state index in [1.807, 2.05) is 6.92 Å². The minimum Gasteiger partial charge on any atom is -0.486 e. The fourth-order valence-corrected chi connectivity index (χ4v) is 2.76. The molecule has 2 aromatic carbocycles. The van der Waals surface area contributed by atoms with Crippen LogP contribution in [0.3, 0.4) is 0 Å². The van der Waals surface area contributed by atoms with E-state index in [4.69, 9.17) is 21.1 Å². The van der Waals surface area contributed by atoms with Crippen molar-refractivity contribution in [2.24, 2.45) is 0 Å². The largest absolute Gasteiger partial charge is 0.486 e. The quantitative estimate of drug-likeness (QED) is 0.839. The first-order valence-electron chi connectivity index (χ1n) is 8.37. The third-order valence-corrected chi connectivity index (χ3v) is 4.12. The maximum Gasteiger partial charge on any atom is 0.255 e. The SMILES string of the molecule is CCCNC(=O)c1ccc(NC(=O)c2ccc3c(c2)OCCO3)cc1Cl. The van der Waals surface area contributed by atoms with E-state index in [0.29, 0.717) is 48.1 Å². The Balaban J connectivity index is 1.71. The number of hydrogen-bond donors (Lipinski definition) is 2. The third-order valence-electron chi connectivity index (χ3n) is 3.81. The normalized spacial score (nSPS) is 12.4. The monoisotopic (exact) mass is 374 g/mol. The molecule has 1 heterocycles. The molecule has 0 radical (unpaired) electrons. The second-order valence-electron chi connectivity index (χ2n) is 5.76. The fraction of sp³-hybridized carbons (Fsp3) is 0.263. The summed E-state index contributed by atoms with van der Waals surface area (Å²) in [5, 5.41) is 5.81. The number of rotatable bonds is 5. The fourth-order valence-electron chi connectivity index (χ4n) is 2.50. The number of anilines is 1. The van der Waals surface area contributed by atoms with Gasteiger partial charge < -0.3 is 20.1 Å². The molecule has 0 aliphatic carbocycles. The molecule has 2 N–H and O–H groups in total. The summed E-state index contributed by atoms with van der Waals surface area (Å²) < 4.78 is 10.9. The van der Waals surface area contributed by atoms with E-state index >= 15 is 0 Å². The van der Waals surface area contributed by atoms with Crippen molar-refractivity contribution in [1.29, 1.82) is 0 Å². The van der Waals surface area contributed by atoms with Crippen LogP contribution in [0.4, 0.5) is 5.69 Å². The minimum atomic E-state index is -0.304. The number of benzene rings is 2. The Hall–Kier alpha value is -2.73. The number of carbonyl (C=O) groups is 2. The van der Waals surface area contributed by atoms with Crippen molar-refractivity contribution in [3.63, 3.8) is 0 Å². The lowest BCUT2D eigenvalue weighted by atomic mass is 10.1. The summed E-state index contributed by atoms with van der Waals surface area (Å²) in [5.74, 6) is 0.631. The zero-order chi connectivity index (χ0) is 18.5. The molecule has 0 saturated carbocycles. The second-order valence-corrected chi connectivity index (χ2v) is 6.17. The molecule has 6 nitrogen and oxygen atoms in total. The van der Waals surface area contributed by atoms with Gasteiger partial charge in [0.2, 0.25) is 0 Å². The van der Waals surface area contributed by atoms with Gasteiger partial charge in [-0.3, -0.25) is 9.59 Å². The van der Waals surface area contributed by atoms with E-state index in [1.165, 1.54) is 0 Å². The predicted octanol–water partition coefficient (Wildman–Crippen LogP) is 3.50. The van der Waals surface area contributed by atoms with Gasteiger partial charge in [-0.05, 0) is 42.8 Å². The highest BCUT2D eigenvalue weighted by Gasteiger charge is 2.16. The molecule has 0 saturated heterocycles. The Kier molecular flexibility index (Phi) is 5.63. The molecule has 0 bridgehead atoms. The second kappa shape index (κ2) is 8.10. The van der Waals surface area contributed by atoms with Crippen LogP contribution < -0.4 is 20.1 Å². The molecule has 2 amide bonds. The van der Waals surface area contributed by atoms with Crippen molar-refractivity contribution >= 4 is 29.1 Å². The van der Waals surface area contributed by atoms with Gasteiger partial charge in [0.05, 0.1) is 10.6 Å². The zero-order valence-corrected chi connectivity index (χ0v) is 15.1. The molecule has 2 aromatic rings. The highest BCUT2D eigenvalue weighted by molar-refractivity contribution is 6.34. The average Bonchev–Trinajstić information content (AvgIpc) is 2.65. The standard InChI is InChI=1S/C19H19ClN2O4/c1-2-7-21-19(24)14-5-4-13(11-15(14)20)22-18(23)12-3-6-16-17(10-12)26-9-8-25-16/h3-6,10-11H,2,7-9H2,1H3,(H,21,24)(H,22,23). The summed E-state index contributed by atoms with van der Waals surface area (Å²) in [5.41, 5.74) is 1.31. The number of ether oxygens (including phenoxy) is 2. The van der Waals surface area contributed by atoms with E-state index in [-0.39, 0.29) is 16.8 Å². The van der Waals surface area contributed by atoms with Gasteiger partial charge in [-0.25, -0.2) is 0 Å². The summed E-state index contributed by atoms with van der Waals surface area (Å²) in [4.78, 5) is 24.4. The van der Waals surface area contributed by atoms with Gasteiger partial charge in [-0.1, -0.05) is 18.5 Å². The number of nitrogens with one attached hydrogen (secondary N) is 2. The Labute approximate surface area is 156 Å². The third kappa shape index (κ3) is 4.08. The number of amides is 2. The first-order chi connectivity index (χ1) is 12.6. The molecule has 7 heteroatoms. The van der Waals surface area contributed by atoms with Crippen molar-refractivity contribution in [3.8, 4) is 11.5 Å². The Bertz CT molecular complexity index is 838. The molecular formula is C19H19ClN2O4. The summed E-state index contributed by atoms with van der Waals surface area (Å²) in [6.07, 6.45) is 0.840. The Morgan fingerprint density at radius 1 is 1.04 bits per heavy atom. The van der Waals surface area contributed by atoms with Crippen LogP contribution >= 0.6 is 11.6 Å². The van der Waals surface area contributed by atoms with E-state index in [1.54, 1.807) is 36.4 Å². The van der Waals surface area contributed by atoms with Gasteiger partial charge in [0.15, 0.2) is 11.5 Å². The summed E-state index contributed by atoms with van der Waals surface area (Å²) >= 11 is 6.18. The van der Waals surface area contributed by atoms with Crippen LogP contribution in [-0.2, 0) is 0 Å². The lowest BCUT2D eigenvalue weighted by Crippen LogP contribution is -2.24. The van der Waals surface area contributed by atoms with Gasteiger partial charge in [0.25, 0.3) is 11.8 Å². The summed E-state index contributed by atoms with van der Waals surface area (Å²) in [7, 11) is 0. The topological polar surface area (TPSA) is 76.7 Å². The predicted molar refractivity (Wildman–Crippen MR) is 99.5 cm³/mol. The first kappa shape index (κ1) is 18.1. The van der Waals surface area contributed by atoms with Crippen LogP contribution in [0.25, 0.3) is 0 Å². The van der Waals surface area contributed by atoms with E-state index in [9.17, 15) is 9.59 Å². The van der Waals surface area contributed by atoms with Crippen molar-refractivity contribution in [1.82, 2.24) is 5.32 Å². The van der Waals surface area contributed by atoms with Crippen LogP contribution in [0.2, 0.25) is 5.02 Å². The zero-order valence-electron chi connectivity index (χ0n) is 14.3. The van der Waals surface area contributed by atoms with Gasteiger partial charge in [0, 0.05) is 17.8 Å². The molecule has 0 atom stereocenters. The van der Waals surface area contributed by atoms with Crippen LogP contribution in [0, 0.1) is 0 Å². The molecule has 0 aromatic heterocycles. The summed E-state index contributed by atoms with van der Waals surface area (Å²) in [6.45, 7) is 3.50. The number of fused-ring (bicyclic) bond motifs is 1. The smallest absolute Gasteiger partial charge is 0.255 e. The lowest BCUT2D eigenvalue weighted by molar-refractivity contribution is 0.0953. The van der Waals surface area contributed by atoms with E-state index < -0.39 is 0 Å². The molecule has 0 fully saturated rings. The highest BCUT2D eigenvalue weighted by atomic mass is 35.5. The number of halogens is 1. The van der Waals surface area contributed by atoms with E-state index in [0.717, 1.165) is 6.42 Å². The van der Waals surface area contributed by atoms with Crippen molar-refractivity contribution in [3.05, 3.63) is 52.5 Å².